The van der Waals surface area contributed by atoms with Crippen LogP contribution in [0.15, 0.2) is 120 Å². The first-order valence-corrected chi connectivity index (χ1v) is 15.0. The molecule has 0 N–H and O–H groups in total. The molecule has 8 aromatic rings. The normalized spacial score (nSPS) is 13.8. The van der Waals surface area contributed by atoms with Crippen molar-refractivity contribution in [2.24, 2.45) is 0 Å². The molecule has 0 aliphatic rings. The Balaban J connectivity index is 0.000000199. The number of hydrogen-bond acceptors (Lipinski definition) is 4. The van der Waals surface area contributed by atoms with Gasteiger partial charge in [-0.15, -0.1) is 53.6 Å². The average molecular weight is 797 g/mol. The van der Waals surface area contributed by atoms with E-state index in [4.69, 9.17) is 22.6 Å². The summed E-state index contributed by atoms with van der Waals surface area (Å²) in [5.74, 6) is 0.773. The molecule has 0 aliphatic heterocycles. The van der Waals surface area contributed by atoms with Crippen molar-refractivity contribution in [3.05, 3.63) is 144 Å². The molecule has 1 radical (unpaired) electrons. The standard InChI is InChI=1S/C28H22N3O.C13H12N.Ir/c1-28(2,3)24-17-16-22-26(29-24)30-27(31(22)18-10-5-4-6-11-18)21-14-9-13-20-19-12-7-8-15-23(19)32-25(20)21;1-10-3-6-12(7-4-10)13-8-5-11(2)9-14-13;/h4-13,15-17H,1-3H3;3-6,8-9H,1-2H3;/q2*-1;/i;1D3,2D3;. The van der Waals surface area contributed by atoms with Crippen molar-refractivity contribution >= 4 is 33.1 Å². The molecule has 4 aromatic heterocycles. The quantitative estimate of drug-likeness (QED) is 0.167. The predicted molar refractivity (Wildman–Crippen MR) is 187 cm³/mol. The van der Waals surface area contributed by atoms with Crippen LogP contribution >= 0.6 is 0 Å². The first-order chi connectivity index (χ1) is 24.7. The Bertz CT molecular complexity index is 2460. The van der Waals surface area contributed by atoms with Gasteiger partial charge in [0.2, 0.25) is 0 Å². The molecule has 8 rings (SSSR count). The summed E-state index contributed by atoms with van der Waals surface area (Å²) in [5, 5.41) is 2.15. The fourth-order valence-electron chi connectivity index (χ4n) is 5.38. The molecule has 4 aromatic carbocycles. The maximum absolute atomic E-state index is 7.28. The number of benzene rings is 4. The minimum absolute atomic E-state index is 0. The molecule has 4 heterocycles. The van der Waals surface area contributed by atoms with Gasteiger partial charge in [0, 0.05) is 56.7 Å². The Morgan fingerprint density at radius 1 is 0.766 bits per heavy atom. The average Bonchev–Trinajstić information content (AvgIpc) is 3.70. The largest absolute Gasteiger partial charge is 0.501 e. The Labute approximate surface area is 297 Å². The van der Waals surface area contributed by atoms with Gasteiger partial charge < -0.3 is 14.0 Å². The summed E-state index contributed by atoms with van der Waals surface area (Å²) in [6, 6.07) is 40.4. The van der Waals surface area contributed by atoms with E-state index >= 15 is 0 Å². The summed E-state index contributed by atoms with van der Waals surface area (Å²) in [6.45, 7) is 2.16. The number of para-hydroxylation sites is 2. The minimum Gasteiger partial charge on any atom is -0.501 e. The van der Waals surface area contributed by atoms with Crippen LogP contribution in [-0.4, -0.2) is 19.5 Å². The van der Waals surface area contributed by atoms with Gasteiger partial charge in [-0.1, -0.05) is 87.1 Å². The Morgan fingerprint density at radius 2 is 1.55 bits per heavy atom. The molecule has 0 fully saturated rings. The van der Waals surface area contributed by atoms with Gasteiger partial charge in [0.1, 0.15) is 5.58 Å². The number of fused-ring (bicyclic) bond motifs is 4. The van der Waals surface area contributed by atoms with Crippen LogP contribution in [0, 0.1) is 25.8 Å². The summed E-state index contributed by atoms with van der Waals surface area (Å²) < 4.78 is 52.1. The second-order valence-corrected chi connectivity index (χ2v) is 12.0. The summed E-state index contributed by atoms with van der Waals surface area (Å²) in [4.78, 5) is 14.0. The van der Waals surface area contributed by atoms with Crippen LogP contribution in [0.5, 0.6) is 0 Å². The Hall–Kier alpha value is -4.90. The molecule has 0 saturated carbocycles. The maximum Gasteiger partial charge on any atom is 0.168 e. The fourth-order valence-corrected chi connectivity index (χ4v) is 5.38. The first kappa shape index (κ1) is 25.2. The molecular formula is C41H34IrN4O-2. The van der Waals surface area contributed by atoms with Crippen LogP contribution in [-0.2, 0) is 25.5 Å². The zero-order valence-corrected chi connectivity index (χ0v) is 28.4. The third kappa shape index (κ3) is 6.40. The number of furan rings is 1. The van der Waals surface area contributed by atoms with Crippen LogP contribution in [0.25, 0.3) is 61.4 Å². The van der Waals surface area contributed by atoms with Crippen LogP contribution in [0.1, 0.15) is 45.8 Å². The Kier molecular flexibility index (Phi) is 7.02. The number of rotatable bonds is 3. The monoisotopic (exact) mass is 797 g/mol. The second kappa shape index (κ2) is 13.1. The zero-order valence-electron chi connectivity index (χ0n) is 32.0. The van der Waals surface area contributed by atoms with Crippen molar-refractivity contribution in [2.75, 3.05) is 0 Å². The molecule has 0 unspecified atom stereocenters. The van der Waals surface area contributed by atoms with E-state index in [2.05, 4.69) is 78.9 Å². The van der Waals surface area contributed by atoms with Gasteiger partial charge in [-0.2, -0.15) is 0 Å². The van der Waals surface area contributed by atoms with E-state index in [0.717, 1.165) is 55.9 Å². The maximum atomic E-state index is 7.28. The molecule has 6 heteroatoms. The van der Waals surface area contributed by atoms with Gasteiger partial charge >= 0.3 is 0 Å². The summed E-state index contributed by atoms with van der Waals surface area (Å²) >= 11 is 0. The van der Waals surface area contributed by atoms with Crippen molar-refractivity contribution in [3.63, 3.8) is 0 Å². The van der Waals surface area contributed by atoms with E-state index in [9.17, 15) is 0 Å². The van der Waals surface area contributed by atoms with Gasteiger partial charge in [-0.05, 0) is 48.4 Å². The van der Waals surface area contributed by atoms with Gasteiger partial charge in [0.25, 0.3) is 0 Å². The first-order valence-electron chi connectivity index (χ1n) is 18.0. The molecule has 5 nitrogen and oxygen atoms in total. The number of aryl methyl sites for hydroxylation is 2. The molecule has 0 atom stereocenters. The third-order valence-electron chi connectivity index (χ3n) is 7.72. The number of pyridine rings is 2. The number of nitrogens with zero attached hydrogens (tertiary/aromatic N) is 4. The van der Waals surface area contributed by atoms with E-state index in [1.54, 1.807) is 12.1 Å². The topological polar surface area (TPSA) is 56.7 Å². The van der Waals surface area contributed by atoms with Gasteiger partial charge in [0.05, 0.1) is 16.9 Å². The van der Waals surface area contributed by atoms with E-state index < -0.39 is 13.7 Å². The molecular weight excluding hydrogens is 757 g/mol. The third-order valence-corrected chi connectivity index (χ3v) is 7.72. The van der Waals surface area contributed by atoms with Crippen LogP contribution in [0.3, 0.4) is 0 Å². The summed E-state index contributed by atoms with van der Waals surface area (Å²) in [7, 11) is 0. The number of aromatic nitrogens is 4. The molecule has 235 valence electrons. The van der Waals surface area contributed by atoms with Crippen molar-refractivity contribution in [2.45, 2.75) is 39.9 Å². The summed E-state index contributed by atoms with van der Waals surface area (Å²) in [6.07, 6.45) is 1.30. The molecule has 0 amide bonds. The van der Waals surface area contributed by atoms with E-state index in [1.807, 2.05) is 42.5 Å². The van der Waals surface area contributed by atoms with Gasteiger partial charge in [0.15, 0.2) is 5.65 Å². The minimum atomic E-state index is -2.18. The molecule has 0 aliphatic carbocycles. The predicted octanol–water partition coefficient (Wildman–Crippen LogP) is 10.2. The zero-order chi connectivity index (χ0) is 36.8. The van der Waals surface area contributed by atoms with Crippen molar-refractivity contribution < 1.29 is 32.7 Å². The van der Waals surface area contributed by atoms with Gasteiger partial charge in [-0.3, -0.25) is 4.98 Å². The van der Waals surface area contributed by atoms with Crippen LogP contribution < -0.4 is 0 Å². The van der Waals surface area contributed by atoms with Crippen LogP contribution in [0.2, 0.25) is 0 Å². The van der Waals surface area contributed by atoms with Crippen molar-refractivity contribution in [1.29, 1.82) is 0 Å². The molecule has 47 heavy (non-hydrogen) atoms. The number of imidazole rings is 1. The van der Waals surface area contributed by atoms with Crippen molar-refractivity contribution in [3.8, 4) is 28.3 Å². The molecule has 0 spiro atoms. The molecule has 0 bridgehead atoms. The van der Waals surface area contributed by atoms with E-state index in [1.165, 1.54) is 24.4 Å². The fraction of sp³-hybridized carbons (Fsp3) is 0.146. The summed E-state index contributed by atoms with van der Waals surface area (Å²) in [5.41, 5.74) is 7.69. The van der Waals surface area contributed by atoms with Crippen molar-refractivity contribution in [1.82, 2.24) is 19.5 Å². The van der Waals surface area contributed by atoms with E-state index in [-0.39, 0.29) is 36.6 Å². The Morgan fingerprint density at radius 3 is 2.28 bits per heavy atom. The number of hydrogen-bond donors (Lipinski definition) is 0. The SMILES string of the molecule is CC(C)(C)c1ccc2c(n1)nc(-c1[c-]ccc3c1oc1ccccc13)n2-c1ccccc1.[2H]C([2H])([2H])c1c[c-]c(-c2ccc(C([2H])([2H])[2H])cn2)cc1.[Ir]. The second-order valence-electron chi connectivity index (χ2n) is 12.0. The smallest absolute Gasteiger partial charge is 0.168 e. The molecule has 0 saturated heterocycles. The van der Waals surface area contributed by atoms with Gasteiger partial charge in [-0.25, -0.2) is 4.98 Å². The van der Waals surface area contributed by atoms with E-state index in [0.29, 0.717) is 11.3 Å². The van der Waals surface area contributed by atoms with Crippen LogP contribution in [0.4, 0.5) is 0 Å².